The number of ether oxygens (including phenoxy) is 1. The summed E-state index contributed by atoms with van der Waals surface area (Å²) in [7, 11) is 0. The monoisotopic (exact) mass is 220 g/mol. The van der Waals surface area contributed by atoms with Crippen LogP contribution >= 0.6 is 23.2 Å². The van der Waals surface area contributed by atoms with Gasteiger partial charge in [0.1, 0.15) is 0 Å². The van der Waals surface area contributed by atoms with Gasteiger partial charge in [-0.05, 0) is 30.1 Å². The lowest BCUT2D eigenvalue weighted by Crippen LogP contribution is -2.11. The summed E-state index contributed by atoms with van der Waals surface area (Å²) in [5.41, 5.74) is 0.343. The highest BCUT2D eigenvalue weighted by atomic mass is 35.5. The van der Waals surface area contributed by atoms with E-state index in [1.165, 1.54) is 12.1 Å². The van der Waals surface area contributed by atoms with Gasteiger partial charge in [-0.25, -0.2) is 4.79 Å². The molecule has 0 saturated carbocycles. The highest BCUT2D eigenvalue weighted by Gasteiger charge is 2.12. The predicted octanol–water partition coefficient (Wildman–Crippen LogP) is 1.98. The van der Waals surface area contributed by atoms with Crippen molar-refractivity contribution in [2.45, 2.75) is 6.92 Å². The first-order chi connectivity index (χ1) is 6.13. The van der Waals surface area contributed by atoms with E-state index in [0.29, 0.717) is 22.5 Å². The molecule has 0 bridgehead atoms. The van der Waals surface area contributed by atoms with Crippen molar-refractivity contribution in [3.8, 4) is 0 Å². The van der Waals surface area contributed by atoms with Crippen molar-refractivity contribution < 1.29 is 14.5 Å². The Bertz CT molecular complexity index is 308. The molecule has 0 radical (unpaired) electrons. The van der Waals surface area contributed by atoms with E-state index >= 15 is 0 Å². The molecule has 0 aliphatic heterocycles. The number of esters is 1. The van der Waals surface area contributed by atoms with Crippen molar-refractivity contribution in [3.63, 3.8) is 0 Å². The van der Waals surface area contributed by atoms with Crippen LogP contribution in [0.1, 0.15) is 17.3 Å². The summed E-state index contributed by atoms with van der Waals surface area (Å²) >= 11 is 11.3. The number of carbonyl (C=O) groups is 1. The predicted molar refractivity (Wildman–Crippen MR) is 49.0 cm³/mol. The largest absolute Gasteiger partial charge is 0.462 e. The summed E-state index contributed by atoms with van der Waals surface area (Å²) in [6.45, 7) is 2.06. The second-order valence-corrected chi connectivity index (χ2v) is 3.10. The fourth-order valence-electron chi connectivity index (χ4n) is 0.833. The molecule has 1 N–H and O–H groups in total. The van der Waals surface area contributed by atoms with Crippen LogP contribution in [0.3, 0.4) is 0 Å². The second-order valence-electron chi connectivity index (χ2n) is 2.29. The quantitative estimate of drug-likeness (QED) is 0.565. The Morgan fingerprint density at radius 2 is 2.00 bits per heavy atom. The summed E-state index contributed by atoms with van der Waals surface area (Å²) in [5.74, 6) is -0.430. The van der Waals surface area contributed by atoms with Crippen LogP contribution in [0.5, 0.6) is 0 Å². The van der Waals surface area contributed by atoms with Gasteiger partial charge in [-0.15, -0.1) is 0 Å². The van der Waals surface area contributed by atoms with Gasteiger partial charge in [0.15, 0.2) is 0 Å². The Balaban J connectivity index is 2.94. The lowest BCUT2D eigenvalue weighted by Gasteiger charge is -1.99. The average molecular weight is 221 g/mol. The minimum absolute atomic E-state index is 0.301. The standard InChI is InChI=1S/C8H7Cl2NO2/c1-2-13-8(12)5-3-6(9)11-7(10)4-5/h3-4H,2H2,1H3/p+1. The van der Waals surface area contributed by atoms with Crippen LogP contribution in [0, 0.1) is 0 Å². The van der Waals surface area contributed by atoms with E-state index in [2.05, 4.69) is 4.98 Å². The minimum Gasteiger partial charge on any atom is -0.462 e. The summed E-state index contributed by atoms with van der Waals surface area (Å²) < 4.78 is 4.77. The van der Waals surface area contributed by atoms with Gasteiger partial charge in [0.25, 0.3) is 10.3 Å². The van der Waals surface area contributed by atoms with Gasteiger partial charge in [0.05, 0.1) is 12.2 Å². The molecule has 0 atom stereocenters. The normalized spacial score (nSPS) is 9.77. The maximum Gasteiger partial charge on any atom is 0.338 e. The number of halogens is 2. The Morgan fingerprint density at radius 3 is 2.46 bits per heavy atom. The van der Waals surface area contributed by atoms with Crippen LogP contribution in [-0.2, 0) is 4.74 Å². The molecule has 3 nitrogen and oxygen atoms in total. The highest BCUT2D eigenvalue weighted by molar-refractivity contribution is 6.31. The molecule has 0 spiro atoms. The number of rotatable bonds is 2. The van der Waals surface area contributed by atoms with E-state index in [-0.39, 0.29) is 0 Å². The summed E-state index contributed by atoms with van der Waals surface area (Å²) in [6, 6.07) is 2.93. The third-order valence-corrected chi connectivity index (χ3v) is 1.72. The van der Waals surface area contributed by atoms with E-state index < -0.39 is 5.97 Å². The van der Waals surface area contributed by atoms with Crippen molar-refractivity contribution in [1.29, 1.82) is 0 Å². The Hall–Kier alpha value is -0.800. The van der Waals surface area contributed by atoms with E-state index in [1.807, 2.05) is 0 Å². The van der Waals surface area contributed by atoms with Crippen LogP contribution < -0.4 is 4.98 Å². The van der Waals surface area contributed by atoms with E-state index in [4.69, 9.17) is 27.9 Å². The first-order valence-electron chi connectivity index (χ1n) is 3.69. The Kier molecular flexibility index (Phi) is 3.51. The molecule has 1 rings (SSSR count). The first kappa shape index (κ1) is 10.3. The van der Waals surface area contributed by atoms with Crippen molar-refractivity contribution in [3.05, 3.63) is 28.0 Å². The summed E-state index contributed by atoms with van der Waals surface area (Å²) in [6.07, 6.45) is 0. The van der Waals surface area contributed by atoms with Gasteiger partial charge in [-0.3, -0.25) is 0 Å². The topological polar surface area (TPSA) is 40.4 Å². The maximum atomic E-state index is 11.2. The van der Waals surface area contributed by atoms with E-state index in [0.717, 1.165) is 0 Å². The molecule has 0 aliphatic rings. The zero-order chi connectivity index (χ0) is 9.84. The molecular formula is C8H8Cl2NO2+. The SMILES string of the molecule is CCOC(=O)c1cc(Cl)[nH+]c(Cl)c1. The van der Waals surface area contributed by atoms with Gasteiger partial charge in [-0.2, -0.15) is 4.98 Å². The molecule has 0 amide bonds. The molecule has 0 fully saturated rings. The number of pyridine rings is 1. The van der Waals surface area contributed by atoms with Crippen LogP contribution in [0.2, 0.25) is 10.3 Å². The zero-order valence-corrected chi connectivity index (χ0v) is 8.45. The molecule has 0 aliphatic carbocycles. The number of hydrogen-bond donors (Lipinski definition) is 0. The number of aromatic nitrogens is 1. The van der Waals surface area contributed by atoms with Gasteiger partial charge in [0, 0.05) is 12.1 Å². The van der Waals surface area contributed by atoms with Crippen molar-refractivity contribution >= 4 is 29.2 Å². The fraction of sp³-hybridized carbons (Fsp3) is 0.250. The number of carbonyl (C=O) groups excluding carboxylic acids is 1. The third-order valence-electron chi connectivity index (χ3n) is 1.31. The van der Waals surface area contributed by atoms with Crippen LogP contribution in [0.4, 0.5) is 0 Å². The Morgan fingerprint density at radius 1 is 1.46 bits per heavy atom. The van der Waals surface area contributed by atoms with Crippen molar-refractivity contribution in [2.24, 2.45) is 0 Å². The molecule has 1 heterocycles. The fourth-order valence-corrected chi connectivity index (χ4v) is 1.32. The molecule has 0 aromatic carbocycles. The van der Waals surface area contributed by atoms with Gasteiger partial charge in [-0.1, -0.05) is 0 Å². The van der Waals surface area contributed by atoms with Crippen LogP contribution in [-0.4, -0.2) is 12.6 Å². The van der Waals surface area contributed by atoms with Gasteiger partial charge in [0.2, 0.25) is 0 Å². The number of aromatic amines is 1. The van der Waals surface area contributed by atoms with Gasteiger partial charge < -0.3 is 4.74 Å². The summed E-state index contributed by atoms with van der Waals surface area (Å²) in [4.78, 5) is 13.8. The van der Waals surface area contributed by atoms with Crippen LogP contribution in [0.25, 0.3) is 0 Å². The molecule has 0 unspecified atom stereocenters. The maximum absolute atomic E-state index is 11.2. The molecular weight excluding hydrogens is 213 g/mol. The second kappa shape index (κ2) is 4.44. The minimum atomic E-state index is -0.430. The van der Waals surface area contributed by atoms with Gasteiger partial charge >= 0.3 is 5.97 Å². The van der Waals surface area contributed by atoms with Crippen molar-refractivity contribution in [1.82, 2.24) is 0 Å². The first-order valence-corrected chi connectivity index (χ1v) is 4.44. The lowest BCUT2D eigenvalue weighted by atomic mass is 10.3. The molecule has 70 valence electrons. The zero-order valence-electron chi connectivity index (χ0n) is 6.93. The van der Waals surface area contributed by atoms with E-state index in [9.17, 15) is 4.79 Å². The summed E-state index contributed by atoms with van der Waals surface area (Å²) in [5, 5.41) is 0.603. The number of hydrogen-bond acceptors (Lipinski definition) is 2. The molecule has 5 heteroatoms. The molecule has 1 aromatic rings. The molecule has 13 heavy (non-hydrogen) atoms. The van der Waals surface area contributed by atoms with E-state index in [1.54, 1.807) is 6.92 Å². The smallest absolute Gasteiger partial charge is 0.338 e. The molecule has 0 saturated heterocycles. The van der Waals surface area contributed by atoms with Crippen LogP contribution in [0.15, 0.2) is 12.1 Å². The Labute approximate surface area is 85.6 Å². The number of H-pyrrole nitrogens is 1. The third kappa shape index (κ3) is 2.86. The average Bonchev–Trinajstić information content (AvgIpc) is 2.03. The lowest BCUT2D eigenvalue weighted by molar-refractivity contribution is -0.372. The highest BCUT2D eigenvalue weighted by Crippen LogP contribution is 2.11. The number of nitrogens with one attached hydrogen (secondary N) is 1. The molecule has 1 aromatic heterocycles. The van der Waals surface area contributed by atoms with Crippen molar-refractivity contribution in [2.75, 3.05) is 6.61 Å².